The van der Waals surface area contributed by atoms with Crippen LogP contribution in [-0.4, -0.2) is 31.4 Å². The monoisotopic (exact) mass is 280 g/mol. The molecular weight excluding hydrogens is 268 g/mol. The van der Waals surface area contributed by atoms with Gasteiger partial charge in [0.05, 0.1) is 5.69 Å². The summed E-state index contributed by atoms with van der Waals surface area (Å²) in [6.45, 7) is 0. The van der Waals surface area contributed by atoms with Crippen LogP contribution in [0.1, 0.15) is 5.69 Å². The number of carbonyl (C=O) groups is 1. The molecule has 0 spiro atoms. The Morgan fingerprint density at radius 1 is 1.19 bits per heavy atom. The number of amides is 1. The highest BCUT2D eigenvalue weighted by Crippen LogP contribution is 2.18. The first-order chi connectivity index (χ1) is 10.2. The van der Waals surface area contributed by atoms with Gasteiger partial charge in [0.2, 0.25) is 0 Å². The molecule has 0 fully saturated rings. The fourth-order valence-electron chi connectivity index (χ4n) is 1.87. The van der Waals surface area contributed by atoms with Gasteiger partial charge in [-0.3, -0.25) is 20.3 Å². The number of aromatic nitrogens is 4. The highest BCUT2D eigenvalue weighted by atomic mass is 16.2. The van der Waals surface area contributed by atoms with E-state index in [4.69, 9.17) is 5.41 Å². The Kier molecular flexibility index (Phi) is 3.30. The first-order valence-electron chi connectivity index (χ1n) is 6.21. The molecule has 0 aliphatic rings. The van der Waals surface area contributed by atoms with Crippen molar-refractivity contribution in [1.29, 1.82) is 5.41 Å². The van der Waals surface area contributed by atoms with Crippen LogP contribution < -0.4 is 5.32 Å². The van der Waals surface area contributed by atoms with Gasteiger partial charge >= 0.3 is 6.03 Å². The van der Waals surface area contributed by atoms with Crippen LogP contribution in [0.3, 0.4) is 0 Å². The predicted molar refractivity (Wildman–Crippen MR) is 77.0 cm³/mol. The Labute approximate surface area is 120 Å². The lowest BCUT2D eigenvalue weighted by molar-refractivity contribution is 0.246. The van der Waals surface area contributed by atoms with Gasteiger partial charge in [-0.1, -0.05) is 0 Å². The molecule has 7 heteroatoms. The molecule has 21 heavy (non-hydrogen) atoms. The summed E-state index contributed by atoms with van der Waals surface area (Å²) < 4.78 is 1.27. The van der Waals surface area contributed by atoms with Crippen molar-refractivity contribution in [2.24, 2.45) is 0 Å². The van der Waals surface area contributed by atoms with Gasteiger partial charge in [0.15, 0.2) is 0 Å². The normalized spacial score (nSPS) is 10.3. The van der Waals surface area contributed by atoms with Crippen molar-refractivity contribution in [2.45, 2.75) is 0 Å². The number of aromatic amines is 1. The van der Waals surface area contributed by atoms with Gasteiger partial charge in [0.1, 0.15) is 12.2 Å². The number of carbonyl (C=O) groups excluding carboxylic acids is 1. The van der Waals surface area contributed by atoms with Crippen LogP contribution in [0.2, 0.25) is 0 Å². The molecule has 0 aromatic carbocycles. The van der Waals surface area contributed by atoms with E-state index >= 15 is 0 Å². The Bertz CT molecular complexity index is 760. The number of nitrogens with zero attached hydrogens (tertiary/aromatic N) is 3. The maximum atomic E-state index is 11.8. The second-order valence-corrected chi connectivity index (χ2v) is 4.31. The molecule has 1 amide bonds. The summed E-state index contributed by atoms with van der Waals surface area (Å²) in [5.74, 6) is -0.00555. The van der Waals surface area contributed by atoms with E-state index in [1.165, 1.54) is 23.3 Å². The Morgan fingerprint density at radius 3 is 2.71 bits per heavy atom. The van der Waals surface area contributed by atoms with E-state index in [9.17, 15) is 4.79 Å². The van der Waals surface area contributed by atoms with Gasteiger partial charge in [-0.2, -0.15) is 0 Å². The fraction of sp³-hybridized carbons (Fsp3) is 0. The van der Waals surface area contributed by atoms with Gasteiger partial charge in [0, 0.05) is 31.0 Å². The Balaban J connectivity index is 1.74. The number of H-pyrrole nitrogens is 1. The third kappa shape index (κ3) is 2.71. The largest absolute Gasteiger partial charge is 0.358 e. The van der Waals surface area contributed by atoms with Crippen LogP contribution >= 0.6 is 0 Å². The minimum Gasteiger partial charge on any atom is -0.358 e. The third-order valence-corrected chi connectivity index (χ3v) is 2.94. The number of nitrogens with one attached hydrogen (secondary N) is 3. The van der Waals surface area contributed by atoms with Crippen molar-refractivity contribution in [2.75, 3.05) is 0 Å². The van der Waals surface area contributed by atoms with E-state index in [1.807, 2.05) is 12.1 Å². The Hall–Kier alpha value is -3.22. The molecule has 0 saturated carbocycles. The SMILES string of the molecule is N=C(NC(=O)n1ccnc1)c1cc(-c2ccncc2)c[nH]1. The van der Waals surface area contributed by atoms with E-state index in [0.29, 0.717) is 5.69 Å². The lowest BCUT2D eigenvalue weighted by atomic mass is 10.1. The summed E-state index contributed by atoms with van der Waals surface area (Å²) in [5, 5.41) is 10.4. The summed E-state index contributed by atoms with van der Waals surface area (Å²) in [7, 11) is 0. The molecule has 3 heterocycles. The van der Waals surface area contributed by atoms with Crippen molar-refractivity contribution in [3.05, 3.63) is 61.2 Å². The zero-order valence-electron chi connectivity index (χ0n) is 10.9. The number of hydrogen-bond donors (Lipinski definition) is 3. The first-order valence-corrected chi connectivity index (χ1v) is 6.21. The lowest BCUT2D eigenvalue weighted by Crippen LogP contribution is -2.33. The quantitative estimate of drug-likeness (QED) is 0.493. The average Bonchev–Trinajstić information content (AvgIpc) is 3.20. The smallest absolute Gasteiger partial charge is 0.332 e. The average molecular weight is 280 g/mol. The summed E-state index contributed by atoms with van der Waals surface area (Å²) in [6.07, 6.45) is 9.57. The first kappa shape index (κ1) is 12.8. The number of imidazole rings is 1. The number of rotatable bonds is 2. The van der Waals surface area contributed by atoms with Crippen molar-refractivity contribution < 1.29 is 4.79 Å². The Morgan fingerprint density at radius 2 is 2.00 bits per heavy atom. The van der Waals surface area contributed by atoms with E-state index < -0.39 is 6.03 Å². The predicted octanol–water partition coefficient (Wildman–Crippen LogP) is 1.86. The summed E-state index contributed by atoms with van der Waals surface area (Å²) in [5.41, 5.74) is 2.44. The van der Waals surface area contributed by atoms with Crippen molar-refractivity contribution in [1.82, 2.24) is 24.8 Å². The van der Waals surface area contributed by atoms with Crippen molar-refractivity contribution in [3.63, 3.8) is 0 Å². The van der Waals surface area contributed by atoms with Gasteiger partial charge in [0.25, 0.3) is 0 Å². The molecule has 3 N–H and O–H groups in total. The third-order valence-electron chi connectivity index (χ3n) is 2.94. The van der Waals surface area contributed by atoms with Gasteiger partial charge in [-0.15, -0.1) is 0 Å². The molecule has 7 nitrogen and oxygen atoms in total. The zero-order chi connectivity index (χ0) is 14.7. The molecule has 104 valence electrons. The van der Waals surface area contributed by atoms with Crippen LogP contribution in [-0.2, 0) is 0 Å². The molecule has 0 unspecified atom stereocenters. The molecule has 0 saturated heterocycles. The molecule has 0 aliphatic carbocycles. The van der Waals surface area contributed by atoms with E-state index in [1.54, 1.807) is 24.7 Å². The number of pyridine rings is 1. The van der Waals surface area contributed by atoms with Crippen LogP contribution in [0.25, 0.3) is 11.1 Å². The second-order valence-electron chi connectivity index (χ2n) is 4.31. The van der Waals surface area contributed by atoms with Crippen LogP contribution in [0.4, 0.5) is 4.79 Å². The molecule has 3 rings (SSSR count). The summed E-state index contributed by atoms with van der Waals surface area (Å²) in [6, 6.07) is 5.12. The highest BCUT2D eigenvalue weighted by molar-refractivity contribution is 6.05. The van der Waals surface area contributed by atoms with Crippen LogP contribution in [0, 0.1) is 5.41 Å². The topological polar surface area (TPSA) is 99.5 Å². The zero-order valence-corrected chi connectivity index (χ0v) is 10.9. The molecule has 0 aliphatic heterocycles. The van der Waals surface area contributed by atoms with Crippen molar-refractivity contribution >= 4 is 11.9 Å². The van der Waals surface area contributed by atoms with Crippen molar-refractivity contribution in [3.8, 4) is 11.1 Å². The van der Waals surface area contributed by atoms with E-state index in [-0.39, 0.29) is 5.84 Å². The minimum atomic E-state index is -0.433. The highest BCUT2D eigenvalue weighted by Gasteiger charge is 2.10. The maximum absolute atomic E-state index is 11.8. The molecule has 0 atom stereocenters. The molecular formula is C14H12N6O. The van der Waals surface area contributed by atoms with Gasteiger partial charge in [-0.25, -0.2) is 9.78 Å². The summed E-state index contributed by atoms with van der Waals surface area (Å²) in [4.78, 5) is 22.5. The van der Waals surface area contributed by atoms with E-state index in [2.05, 4.69) is 20.3 Å². The van der Waals surface area contributed by atoms with Gasteiger partial charge < -0.3 is 4.98 Å². The number of hydrogen-bond acceptors (Lipinski definition) is 4. The van der Waals surface area contributed by atoms with E-state index in [0.717, 1.165) is 11.1 Å². The maximum Gasteiger partial charge on any atom is 0.332 e. The second kappa shape index (κ2) is 5.41. The molecule has 0 bridgehead atoms. The van der Waals surface area contributed by atoms with Gasteiger partial charge in [-0.05, 0) is 29.3 Å². The fourth-order valence-corrected chi connectivity index (χ4v) is 1.87. The standard InChI is InChI=1S/C14H12N6O/c15-13(19-14(21)20-6-5-17-9-20)12-7-11(8-18-12)10-1-3-16-4-2-10/h1-9,18H,(H2,15,19,21). The molecule has 3 aromatic rings. The van der Waals surface area contributed by atoms with Crippen LogP contribution in [0.5, 0.6) is 0 Å². The lowest BCUT2D eigenvalue weighted by Gasteiger charge is -2.04. The molecule has 3 aromatic heterocycles. The minimum absolute atomic E-state index is 0.00555. The molecule has 0 radical (unpaired) electrons. The summed E-state index contributed by atoms with van der Waals surface area (Å²) >= 11 is 0. The number of amidine groups is 1. The van der Waals surface area contributed by atoms with Crippen LogP contribution in [0.15, 0.2) is 55.5 Å².